The zero-order chi connectivity index (χ0) is 23.8. The van der Waals surface area contributed by atoms with Crippen LogP contribution in [0.15, 0.2) is 77.6 Å². The molecule has 168 valence electrons. The Balaban J connectivity index is 1.83. The zero-order valence-corrected chi connectivity index (χ0v) is 18.3. The van der Waals surface area contributed by atoms with E-state index in [2.05, 4.69) is 4.98 Å². The smallest absolute Gasteiger partial charge is 0.293 e. The maximum absolute atomic E-state index is 13.6. The van der Waals surface area contributed by atoms with Gasteiger partial charge in [0.25, 0.3) is 17.2 Å². The van der Waals surface area contributed by atoms with Crippen LogP contribution in [0.4, 0.5) is 11.4 Å². The summed E-state index contributed by atoms with van der Waals surface area (Å²) in [5, 5.41) is 12.1. The van der Waals surface area contributed by atoms with Crippen molar-refractivity contribution in [2.24, 2.45) is 0 Å². The number of fused-ring (bicyclic) bond motifs is 2. The Labute approximate surface area is 194 Å². The number of para-hydroxylation sites is 4. The Morgan fingerprint density at radius 1 is 0.941 bits per heavy atom. The molecule has 0 aliphatic carbocycles. The van der Waals surface area contributed by atoms with Crippen LogP contribution in [0, 0.1) is 10.1 Å². The maximum Gasteiger partial charge on any atom is 0.293 e. The Morgan fingerprint density at radius 3 is 2.38 bits per heavy atom. The first-order valence-electron chi connectivity index (χ1n) is 10.9. The normalized spacial score (nSPS) is 14.1. The summed E-state index contributed by atoms with van der Waals surface area (Å²) >= 11 is 0. The lowest BCUT2D eigenvalue weighted by atomic mass is 10.1. The van der Waals surface area contributed by atoms with Crippen molar-refractivity contribution in [3.63, 3.8) is 0 Å². The molecule has 0 unspecified atom stereocenters. The third-order valence-electron chi connectivity index (χ3n) is 5.80. The monoisotopic (exact) mass is 452 g/mol. The summed E-state index contributed by atoms with van der Waals surface area (Å²) in [4.78, 5) is 44.5. The van der Waals surface area contributed by atoms with Crippen LogP contribution < -0.4 is 10.5 Å². The van der Waals surface area contributed by atoms with Gasteiger partial charge in [-0.15, -0.1) is 0 Å². The molecule has 0 bridgehead atoms. The molecule has 0 fully saturated rings. The Kier molecular flexibility index (Phi) is 5.25. The highest BCUT2D eigenvalue weighted by molar-refractivity contribution is 6.35. The molecule has 8 nitrogen and oxygen atoms in total. The second-order valence-corrected chi connectivity index (χ2v) is 7.91. The number of nitrogens with zero attached hydrogens (tertiary/aromatic N) is 4. The van der Waals surface area contributed by atoms with E-state index in [1.54, 1.807) is 47.4 Å². The van der Waals surface area contributed by atoms with Gasteiger partial charge in [0.2, 0.25) is 0 Å². The lowest BCUT2D eigenvalue weighted by Crippen LogP contribution is -2.27. The van der Waals surface area contributed by atoms with Gasteiger partial charge in [-0.25, -0.2) is 4.98 Å². The molecular weight excluding hydrogens is 432 g/mol. The van der Waals surface area contributed by atoms with Gasteiger partial charge in [-0.05, 0) is 36.8 Å². The van der Waals surface area contributed by atoms with E-state index in [9.17, 15) is 19.7 Å². The zero-order valence-electron chi connectivity index (χ0n) is 18.3. The SMILES string of the molecule is CCCN1C(=O)/C(=C/c2nc3ccccc3c(=O)n2-c2ccccc2[N+](=O)[O-])c2ccccc21. The van der Waals surface area contributed by atoms with Crippen LogP contribution in [0.2, 0.25) is 0 Å². The van der Waals surface area contributed by atoms with Crippen molar-refractivity contribution in [2.75, 3.05) is 11.4 Å². The molecule has 0 saturated carbocycles. The van der Waals surface area contributed by atoms with Crippen molar-refractivity contribution in [1.82, 2.24) is 9.55 Å². The molecule has 8 heteroatoms. The van der Waals surface area contributed by atoms with Crippen molar-refractivity contribution in [3.05, 3.63) is 105 Å². The van der Waals surface area contributed by atoms with E-state index in [-0.39, 0.29) is 23.1 Å². The number of aromatic nitrogens is 2. The van der Waals surface area contributed by atoms with E-state index in [0.717, 1.165) is 17.7 Å². The minimum absolute atomic E-state index is 0.0896. The van der Waals surface area contributed by atoms with E-state index in [4.69, 9.17) is 0 Å². The first-order valence-corrected chi connectivity index (χ1v) is 10.9. The van der Waals surface area contributed by atoms with Crippen LogP contribution in [0.25, 0.3) is 28.2 Å². The third kappa shape index (κ3) is 3.36. The summed E-state index contributed by atoms with van der Waals surface area (Å²) in [5.41, 5.74) is 1.77. The lowest BCUT2D eigenvalue weighted by Gasteiger charge is -2.15. The fourth-order valence-corrected chi connectivity index (χ4v) is 4.31. The molecule has 1 aliphatic heterocycles. The third-order valence-corrected chi connectivity index (χ3v) is 5.80. The highest BCUT2D eigenvalue weighted by Crippen LogP contribution is 2.38. The van der Waals surface area contributed by atoms with Crippen LogP contribution in [-0.4, -0.2) is 26.9 Å². The predicted octanol–water partition coefficient (Wildman–Crippen LogP) is 4.59. The molecule has 2 heterocycles. The van der Waals surface area contributed by atoms with Gasteiger partial charge < -0.3 is 4.90 Å². The fourth-order valence-electron chi connectivity index (χ4n) is 4.31. The summed E-state index contributed by atoms with van der Waals surface area (Å²) in [6.07, 6.45) is 2.34. The van der Waals surface area contributed by atoms with E-state index in [1.165, 1.54) is 16.7 Å². The fraction of sp³-hybridized carbons (Fsp3) is 0.115. The molecule has 5 rings (SSSR count). The maximum atomic E-state index is 13.6. The van der Waals surface area contributed by atoms with Gasteiger partial charge in [-0.3, -0.25) is 24.3 Å². The molecule has 1 aliphatic rings. The summed E-state index contributed by atoms with van der Waals surface area (Å²) in [6, 6.07) is 20.3. The first-order chi connectivity index (χ1) is 16.5. The van der Waals surface area contributed by atoms with Gasteiger partial charge in [-0.2, -0.15) is 0 Å². The summed E-state index contributed by atoms with van der Waals surface area (Å²) in [7, 11) is 0. The number of hydrogen-bond donors (Lipinski definition) is 0. The average Bonchev–Trinajstić information content (AvgIpc) is 3.11. The predicted molar refractivity (Wildman–Crippen MR) is 131 cm³/mol. The summed E-state index contributed by atoms with van der Waals surface area (Å²) in [5.74, 6) is -0.0472. The molecule has 0 N–H and O–H groups in total. The molecule has 0 spiro atoms. The number of amides is 1. The van der Waals surface area contributed by atoms with E-state index in [1.807, 2.05) is 31.2 Å². The topological polar surface area (TPSA) is 98.3 Å². The minimum atomic E-state index is -0.535. The highest BCUT2D eigenvalue weighted by Gasteiger charge is 2.32. The largest absolute Gasteiger partial charge is 0.308 e. The van der Waals surface area contributed by atoms with Crippen molar-refractivity contribution in [2.45, 2.75) is 13.3 Å². The van der Waals surface area contributed by atoms with Crippen molar-refractivity contribution >= 4 is 39.8 Å². The van der Waals surface area contributed by atoms with Crippen LogP contribution in [0.3, 0.4) is 0 Å². The number of rotatable bonds is 5. The number of hydrogen-bond acceptors (Lipinski definition) is 5. The average molecular weight is 452 g/mol. The molecule has 34 heavy (non-hydrogen) atoms. The van der Waals surface area contributed by atoms with Gasteiger partial charge in [0, 0.05) is 18.2 Å². The molecule has 0 atom stereocenters. The van der Waals surface area contributed by atoms with Gasteiger partial charge in [0.15, 0.2) is 0 Å². The lowest BCUT2D eigenvalue weighted by molar-refractivity contribution is -0.384. The Morgan fingerprint density at radius 2 is 1.62 bits per heavy atom. The van der Waals surface area contributed by atoms with Crippen LogP contribution in [0.5, 0.6) is 0 Å². The number of carbonyl (C=O) groups excluding carboxylic acids is 1. The second-order valence-electron chi connectivity index (χ2n) is 7.91. The molecule has 1 aromatic heterocycles. The highest BCUT2D eigenvalue weighted by atomic mass is 16.6. The van der Waals surface area contributed by atoms with E-state index >= 15 is 0 Å². The Bertz CT molecular complexity index is 1550. The molecule has 3 aromatic carbocycles. The van der Waals surface area contributed by atoms with Gasteiger partial charge in [0.1, 0.15) is 11.5 Å². The van der Waals surface area contributed by atoms with Crippen molar-refractivity contribution < 1.29 is 9.72 Å². The number of anilines is 1. The quantitative estimate of drug-likeness (QED) is 0.251. The number of nitro benzene ring substituents is 1. The number of nitro groups is 1. The molecule has 4 aromatic rings. The van der Waals surface area contributed by atoms with E-state index in [0.29, 0.717) is 23.0 Å². The van der Waals surface area contributed by atoms with Crippen molar-refractivity contribution in [1.29, 1.82) is 0 Å². The summed E-state index contributed by atoms with van der Waals surface area (Å²) in [6.45, 7) is 2.55. The van der Waals surface area contributed by atoms with Crippen LogP contribution in [-0.2, 0) is 4.79 Å². The van der Waals surface area contributed by atoms with Gasteiger partial charge in [0.05, 0.1) is 27.1 Å². The second kappa shape index (κ2) is 8.40. The molecule has 0 radical (unpaired) electrons. The van der Waals surface area contributed by atoms with E-state index < -0.39 is 10.5 Å². The van der Waals surface area contributed by atoms with Gasteiger partial charge >= 0.3 is 0 Å². The number of carbonyl (C=O) groups is 1. The minimum Gasteiger partial charge on any atom is -0.308 e. The van der Waals surface area contributed by atoms with Crippen molar-refractivity contribution in [3.8, 4) is 5.69 Å². The summed E-state index contributed by atoms with van der Waals surface area (Å²) < 4.78 is 1.21. The van der Waals surface area contributed by atoms with Gasteiger partial charge in [-0.1, -0.05) is 49.4 Å². The number of benzene rings is 3. The van der Waals surface area contributed by atoms with Crippen LogP contribution >= 0.6 is 0 Å². The molecular formula is C26H20N4O4. The molecule has 1 amide bonds. The Hall–Kier alpha value is -4.59. The van der Waals surface area contributed by atoms with Crippen LogP contribution in [0.1, 0.15) is 24.7 Å². The first kappa shape index (κ1) is 21.3. The molecule has 0 saturated heterocycles. The standard InChI is InChI=1S/C26H20N4O4/c1-2-15-28-21-12-6-4-9-17(21)19(25(28)31)16-24-27-20-11-5-3-10-18(20)26(32)29(24)22-13-7-8-14-23(22)30(33)34/h3-14,16H,2,15H2,1H3/b19-16+.